The minimum Gasteiger partial charge on any atom is -0.217 e. The summed E-state index contributed by atoms with van der Waals surface area (Å²) in [5, 5.41) is 11.1. The van der Waals surface area contributed by atoms with Crippen LogP contribution in [0.25, 0.3) is 0 Å². The Kier molecular flexibility index (Phi) is 1.94. The monoisotopic (exact) mass is 143 g/mol. The average molecular weight is 143 g/mol. The Hall–Kier alpha value is -0.710. The van der Waals surface area contributed by atoms with E-state index in [0.717, 1.165) is 13.0 Å². The predicted octanol–water partition coefficient (Wildman–Crippen LogP) is 0.639. The highest BCUT2D eigenvalue weighted by Crippen LogP contribution is 1.97. The molecule has 0 amide bonds. The van der Waals surface area contributed by atoms with Gasteiger partial charge in [0.25, 0.3) is 0 Å². The number of rotatable bonds is 2. The summed E-state index contributed by atoms with van der Waals surface area (Å²) < 4.78 is 1.61. The molecule has 1 rings (SSSR count). The van der Waals surface area contributed by atoms with Crippen LogP contribution in [0.4, 0.5) is 0 Å². The summed E-state index contributed by atoms with van der Waals surface area (Å²) in [5.41, 5.74) is 0. The van der Waals surface area contributed by atoms with Crippen molar-refractivity contribution in [2.45, 2.75) is 25.0 Å². The fourth-order valence-electron chi connectivity index (χ4n) is 0.549. The highest BCUT2D eigenvalue weighted by molar-refractivity contribution is 7.80. The molecule has 1 radical (unpaired) electrons. The van der Waals surface area contributed by atoms with Gasteiger partial charge in [0.2, 0.25) is 5.16 Å². The number of hydrogen-bond donors (Lipinski definition) is 0. The van der Waals surface area contributed by atoms with Crippen LogP contribution >= 0.6 is 12.6 Å². The minimum atomic E-state index is 0.469. The molecule has 0 aromatic carbocycles. The van der Waals surface area contributed by atoms with Crippen molar-refractivity contribution in [2.75, 3.05) is 0 Å². The lowest BCUT2D eigenvalue weighted by atomic mass is 10.5. The first-order valence-electron chi connectivity index (χ1n) is 2.77. The zero-order valence-corrected chi connectivity index (χ0v) is 5.93. The standard InChI is InChI=1S/C4H7N4S/c1-2-3-8-4(9)5-6-7-8/h2-3H2,1H3. The lowest BCUT2D eigenvalue weighted by Crippen LogP contribution is -1.99. The van der Waals surface area contributed by atoms with Crippen molar-refractivity contribution in [1.29, 1.82) is 0 Å². The van der Waals surface area contributed by atoms with Crippen LogP contribution in [-0.2, 0) is 6.54 Å². The molecule has 0 unspecified atom stereocenters. The van der Waals surface area contributed by atoms with Gasteiger partial charge in [-0.25, -0.2) is 4.68 Å². The number of aryl methyl sites for hydroxylation is 1. The van der Waals surface area contributed by atoms with Gasteiger partial charge in [-0.3, -0.25) is 0 Å². The maximum atomic E-state index is 4.78. The third-order valence-corrected chi connectivity index (χ3v) is 1.23. The van der Waals surface area contributed by atoms with Crippen LogP contribution in [0.1, 0.15) is 13.3 Å². The maximum Gasteiger partial charge on any atom is 0.240 e. The van der Waals surface area contributed by atoms with E-state index in [1.165, 1.54) is 0 Å². The van der Waals surface area contributed by atoms with Gasteiger partial charge in [0.05, 0.1) is 0 Å². The molecule has 0 fully saturated rings. The quantitative estimate of drug-likeness (QED) is 0.610. The average Bonchev–Trinajstić information content (AvgIpc) is 2.18. The molecule has 0 saturated heterocycles. The third kappa shape index (κ3) is 1.35. The van der Waals surface area contributed by atoms with Crippen LogP contribution in [0, 0.1) is 0 Å². The maximum absolute atomic E-state index is 4.78. The van der Waals surface area contributed by atoms with E-state index in [2.05, 4.69) is 22.4 Å². The number of aromatic nitrogens is 4. The molecule has 1 aromatic heterocycles. The van der Waals surface area contributed by atoms with Crippen LogP contribution in [-0.4, -0.2) is 20.2 Å². The molecule has 0 saturated carbocycles. The molecule has 5 heteroatoms. The van der Waals surface area contributed by atoms with Crippen LogP contribution < -0.4 is 0 Å². The summed E-state index contributed by atoms with van der Waals surface area (Å²) >= 11 is 4.78. The Labute approximate surface area is 58.7 Å². The second-order valence-corrected chi connectivity index (χ2v) is 2.05. The Morgan fingerprint density at radius 3 is 2.89 bits per heavy atom. The van der Waals surface area contributed by atoms with Crippen LogP contribution in [0.2, 0.25) is 0 Å². The molecule has 0 atom stereocenters. The van der Waals surface area contributed by atoms with E-state index < -0.39 is 0 Å². The zero-order valence-electron chi connectivity index (χ0n) is 5.11. The Bertz CT molecular complexity index is 184. The second-order valence-electron chi connectivity index (χ2n) is 1.68. The molecule has 49 valence electrons. The van der Waals surface area contributed by atoms with Gasteiger partial charge >= 0.3 is 0 Å². The highest BCUT2D eigenvalue weighted by atomic mass is 32.1. The Morgan fingerprint density at radius 2 is 2.44 bits per heavy atom. The normalized spacial score (nSPS) is 9.89. The van der Waals surface area contributed by atoms with E-state index in [4.69, 9.17) is 12.6 Å². The molecule has 0 spiro atoms. The van der Waals surface area contributed by atoms with Gasteiger partial charge in [-0.05, 0) is 29.5 Å². The van der Waals surface area contributed by atoms with Gasteiger partial charge in [-0.2, -0.15) is 0 Å². The third-order valence-electron chi connectivity index (χ3n) is 0.934. The fraction of sp³-hybridized carbons (Fsp3) is 0.750. The molecule has 0 aliphatic rings. The molecule has 0 aliphatic carbocycles. The van der Waals surface area contributed by atoms with Crippen molar-refractivity contribution in [3.63, 3.8) is 0 Å². The summed E-state index contributed by atoms with van der Waals surface area (Å²) in [6, 6.07) is 0. The number of hydrogen-bond acceptors (Lipinski definition) is 3. The molecule has 9 heavy (non-hydrogen) atoms. The topological polar surface area (TPSA) is 43.6 Å². The van der Waals surface area contributed by atoms with E-state index in [1.807, 2.05) is 0 Å². The summed E-state index contributed by atoms with van der Waals surface area (Å²) in [7, 11) is 0. The highest BCUT2D eigenvalue weighted by Gasteiger charge is 1.97. The van der Waals surface area contributed by atoms with Crippen LogP contribution in [0.15, 0.2) is 5.16 Å². The smallest absolute Gasteiger partial charge is 0.217 e. The Morgan fingerprint density at radius 1 is 1.67 bits per heavy atom. The van der Waals surface area contributed by atoms with Gasteiger partial charge in [0.1, 0.15) is 0 Å². The molecular formula is C4H7N4S. The van der Waals surface area contributed by atoms with Gasteiger partial charge < -0.3 is 0 Å². The SMILES string of the molecule is CCCn1nnnc1[S]. The fourth-order valence-corrected chi connectivity index (χ4v) is 0.713. The largest absolute Gasteiger partial charge is 0.240 e. The van der Waals surface area contributed by atoms with Crippen molar-refractivity contribution in [3.8, 4) is 0 Å². The summed E-state index contributed by atoms with van der Waals surface area (Å²) in [4.78, 5) is 0. The Balaban J connectivity index is 2.69. The van der Waals surface area contributed by atoms with E-state index >= 15 is 0 Å². The van der Waals surface area contributed by atoms with Crippen molar-refractivity contribution in [2.24, 2.45) is 0 Å². The molecule has 4 nitrogen and oxygen atoms in total. The van der Waals surface area contributed by atoms with Crippen molar-refractivity contribution in [3.05, 3.63) is 0 Å². The van der Waals surface area contributed by atoms with Crippen molar-refractivity contribution in [1.82, 2.24) is 20.2 Å². The molecule has 1 aromatic rings. The first kappa shape index (κ1) is 6.41. The van der Waals surface area contributed by atoms with E-state index in [0.29, 0.717) is 5.16 Å². The molecule has 0 bridgehead atoms. The second kappa shape index (κ2) is 2.72. The summed E-state index contributed by atoms with van der Waals surface area (Å²) in [6.45, 7) is 2.86. The van der Waals surface area contributed by atoms with Crippen molar-refractivity contribution >= 4 is 12.6 Å². The van der Waals surface area contributed by atoms with Gasteiger partial charge in [0.15, 0.2) is 0 Å². The molecule has 0 aliphatic heterocycles. The van der Waals surface area contributed by atoms with Crippen molar-refractivity contribution < 1.29 is 0 Å². The van der Waals surface area contributed by atoms with Crippen LogP contribution in [0.3, 0.4) is 0 Å². The number of tetrazole rings is 1. The van der Waals surface area contributed by atoms with Gasteiger partial charge in [0, 0.05) is 6.54 Å². The van der Waals surface area contributed by atoms with E-state index in [-0.39, 0.29) is 0 Å². The first-order chi connectivity index (χ1) is 4.34. The molecule has 1 heterocycles. The van der Waals surface area contributed by atoms with Gasteiger partial charge in [-0.15, -0.1) is 0 Å². The van der Waals surface area contributed by atoms with Crippen LogP contribution in [0.5, 0.6) is 0 Å². The molecule has 0 N–H and O–H groups in total. The van der Waals surface area contributed by atoms with E-state index in [9.17, 15) is 0 Å². The first-order valence-corrected chi connectivity index (χ1v) is 3.18. The molecular weight excluding hydrogens is 136 g/mol. The lowest BCUT2D eigenvalue weighted by molar-refractivity contribution is 0.540. The summed E-state index contributed by atoms with van der Waals surface area (Å²) in [5.74, 6) is 0. The van der Waals surface area contributed by atoms with Gasteiger partial charge in [-0.1, -0.05) is 12.0 Å². The zero-order chi connectivity index (χ0) is 6.69. The lowest BCUT2D eigenvalue weighted by Gasteiger charge is -1.92. The summed E-state index contributed by atoms with van der Waals surface area (Å²) in [6.07, 6.45) is 1.01. The minimum absolute atomic E-state index is 0.469. The van der Waals surface area contributed by atoms with E-state index in [1.54, 1.807) is 4.68 Å². The predicted molar refractivity (Wildman–Crippen MR) is 34.0 cm³/mol. The number of nitrogens with zero attached hydrogens (tertiary/aromatic N) is 4.